The number of halogens is 15. The number of pyridine rings is 3. The number of carbonyl (C=O) groups is 6. The van der Waals surface area contributed by atoms with E-state index in [1.165, 1.54) is 74.1 Å². The van der Waals surface area contributed by atoms with Gasteiger partial charge in [0.05, 0.1) is 80.9 Å². The third-order valence-electron chi connectivity index (χ3n) is 18.2. The van der Waals surface area contributed by atoms with Crippen LogP contribution in [0.3, 0.4) is 0 Å². The number of nitrogens with one attached hydrogen (secondary N) is 3. The van der Waals surface area contributed by atoms with Gasteiger partial charge in [0.2, 0.25) is 0 Å². The Morgan fingerprint density at radius 1 is 0.398 bits per heavy atom. The van der Waals surface area contributed by atoms with Gasteiger partial charge in [-0.1, -0.05) is 84.4 Å². The van der Waals surface area contributed by atoms with E-state index in [1.54, 1.807) is 36.5 Å². The quantitative estimate of drug-likeness (QED) is 0.0343. The number of benzene rings is 9. The molecule has 12 aromatic rings. The van der Waals surface area contributed by atoms with Crippen molar-refractivity contribution in [3.63, 3.8) is 0 Å². The summed E-state index contributed by atoms with van der Waals surface area (Å²) in [7, 11) is 6.92. The zero-order chi connectivity index (χ0) is 85.8. The number of hydrogen-bond acceptors (Lipinski definition) is 16. The molecule has 0 radical (unpaired) electrons. The van der Waals surface area contributed by atoms with Gasteiger partial charge in [-0.3, -0.25) is 29.3 Å². The summed E-state index contributed by atoms with van der Waals surface area (Å²) >= 11 is 6.29. The number of fused-ring (bicyclic) bond motifs is 3. The molecule has 19 nitrogen and oxygen atoms in total. The molecule has 0 aliphatic rings. The largest absolute Gasteiger partial charge is 0.496 e. The topological polar surface area (TPSA) is 256 Å². The van der Waals surface area contributed by atoms with Crippen LogP contribution in [0.4, 0.5) is 61.5 Å². The molecule has 0 aliphatic heterocycles. The van der Waals surface area contributed by atoms with Crippen molar-refractivity contribution in [2.75, 3.05) is 42.7 Å². The monoisotopic (exact) mass is 1660 g/mol. The Bertz CT molecular complexity index is 5650. The maximum Gasteiger partial charge on any atom is 0.417 e. The Balaban J connectivity index is 0.000000186. The van der Waals surface area contributed by atoms with Crippen molar-refractivity contribution in [3.8, 4) is 56.7 Å². The fourth-order valence-corrected chi connectivity index (χ4v) is 13.1. The van der Waals surface area contributed by atoms with Crippen molar-refractivity contribution in [2.45, 2.75) is 49.7 Å². The maximum atomic E-state index is 14.2. The van der Waals surface area contributed by atoms with E-state index < -0.39 is 152 Å². The van der Waals surface area contributed by atoms with Crippen molar-refractivity contribution >= 4 is 79.9 Å². The molecule has 9 aromatic carbocycles. The summed E-state index contributed by atoms with van der Waals surface area (Å²) in [6.07, 6.45) is -6.22. The molecule has 0 bridgehead atoms. The number of esters is 3. The first-order valence-electron chi connectivity index (χ1n) is 34.5. The van der Waals surface area contributed by atoms with Gasteiger partial charge in [0, 0.05) is 106 Å². The molecule has 608 valence electrons. The number of alkyl halides is 6. The molecule has 3 atom stereocenters. The number of methoxy groups -OCH3 is 6. The highest BCUT2D eigenvalue weighted by Crippen LogP contribution is 2.48. The van der Waals surface area contributed by atoms with E-state index in [1.807, 2.05) is 6.07 Å². The normalized spacial score (nSPS) is 12.0. The Kier molecular flexibility index (Phi) is 27.3. The van der Waals surface area contributed by atoms with Crippen LogP contribution in [0.1, 0.15) is 64.5 Å². The third-order valence-corrected chi connectivity index (χ3v) is 18.5. The summed E-state index contributed by atoms with van der Waals surface area (Å²) in [5.41, 5.74) is -2.66. The van der Waals surface area contributed by atoms with Gasteiger partial charge in [0.15, 0.2) is 0 Å². The Morgan fingerprint density at radius 2 is 0.703 bits per heavy atom. The number of hydrogen-bond donors (Lipinski definition) is 3. The van der Waals surface area contributed by atoms with E-state index in [4.69, 9.17) is 40.0 Å². The van der Waals surface area contributed by atoms with Crippen LogP contribution in [-0.4, -0.2) is 111 Å². The fourth-order valence-electron chi connectivity index (χ4n) is 12.9. The lowest BCUT2D eigenvalue weighted by atomic mass is 9.92. The molecular weight excluding hydrogens is 1600 g/mol. The SMILES string of the molecule is COC(=O)[C@H](Cc1ccc(-c2c(OC)cc(F)cc2C(F)(F)F)c2ncccc12)NC(=O)c1c(F)cccc1F.COC(=O)[C@H](Cc1ccc(-c2c(OC)cc(F)cc2C(F)(F)F)c2ncccc12)NC(=O)c1c(F)cccc1F.COC(=O)[C@H](Cc1ccc(-c2cc(Cl)c(C#N)cc2OC)c2ncccc12)NC(=O)c1c(F)cccc1F. The minimum Gasteiger partial charge on any atom is -0.496 e. The predicted molar refractivity (Wildman–Crippen MR) is 401 cm³/mol. The molecule has 0 unspecified atom stereocenters. The zero-order valence-corrected chi connectivity index (χ0v) is 62.8. The molecule has 0 saturated heterocycles. The second-order valence-corrected chi connectivity index (χ2v) is 25.7. The second-order valence-electron chi connectivity index (χ2n) is 25.3. The van der Waals surface area contributed by atoms with Gasteiger partial charge >= 0.3 is 30.3 Å². The first kappa shape index (κ1) is 86.6. The Hall–Kier alpha value is -13.8. The lowest BCUT2D eigenvalue weighted by Gasteiger charge is -2.20. The molecular formula is C84H60ClF14N7O12. The summed E-state index contributed by atoms with van der Waals surface area (Å²) in [6.45, 7) is 0. The lowest BCUT2D eigenvalue weighted by molar-refractivity contribution is -0.143. The average Bonchev–Trinajstić information content (AvgIpc) is 0.763. The number of amides is 3. The van der Waals surface area contributed by atoms with E-state index in [0.29, 0.717) is 67.4 Å². The van der Waals surface area contributed by atoms with Gasteiger partial charge in [-0.25, -0.2) is 49.5 Å². The summed E-state index contributed by atoms with van der Waals surface area (Å²) in [4.78, 5) is 88.6. The van der Waals surface area contributed by atoms with Crippen molar-refractivity contribution in [1.82, 2.24) is 30.9 Å². The van der Waals surface area contributed by atoms with Crippen molar-refractivity contribution < 1.29 is 119 Å². The van der Waals surface area contributed by atoms with E-state index in [-0.39, 0.29) is 63.5 Å². The van der Waals surface area contributed by atoms with Crippen LogP contribution in [0.25, 0.3) is 66.1 Å². The van der Waals surface area contributed by atoms with Crippen LogP contribution in [0.2, 0.25) is 5.02 Å². The summed E-state index contributed by atoms with van der Waals surface area (Å²) in [5.74, 6) is -15.5. The van der Waals surface area contributed by atoms with E-state index in [0.717, 1.165) is 102 Å². The van der Waals surface area contributed by atoms with E-state index in [2.05, 4.69) is 30.9 Å². The van der Waals surface area contributed by atoms with E-state index in [9.17, 15) is 95.5 Å². The standard InChI is InChI=1S/C28H20ClF2N3O4.2C28H20F6N2O4/c1-37-24-12-16(14-32)20(29)13-19(24)18-9-8-15(17-5-4-10-33-26(17)18)11-23(28(36)38-2)34-27(35)25-21(30)6-3-7-22(25)31;2*1-39-22-13-15(29)12-18(28(32,33)34)23(22)17-9-8-14(16-5-4-10-35-25(16)17)11-21(27(38)40-2)36-26(37)24-19(30)6-3-7-20(24)31/h3-10,12-13,23H,11H2,1-2H3,(H,34,35);2*3-10,12-13,21H,11H2,1-2H3,(H,36,37)/t23-;2*21-/m000/s1. The highest BCUT2D eigenvalue weighted by atomic mass is 35.5. The molecule has 118 heavy (non-hydrogen) atoms. The molecule has 3 aromatic heterocycles. The van der Waals surface area contributed by atoms with Gasteiger partial charge in [-0.05, 0) is 89.5 Å². The van der Waals surface area contributed by atoms with Crippen LogP contribution in [-0.2, 0) is 60.2 Å². The van der Waals surface area contributed by atoms with Crippen molar-refractivity contribution in [3.05, 3.63) is 284 Å². The second kappa shape index (κ2) is 37.2. The maximum absolute atomic E-state index is 14.2. The number of carbonyl (C=O) groups excluding carboxylic acids is 6. The Morgan fingerprint density at radius 3 is 0.992 bits per heavy atom. The predicted octanol–water partition coefficient (Wildman–Crippen LogP) is 16.9. The molecule has 3 heterocycles. The number of rotatable bonds is 21. The summed E-state index contributed by atoms with van der Waals surface area (Å²) in [5, 5.41) is 17.7. The summed E-state index contributed by atoms with van der Waals surface area (Å²) in [6, 6.07) is 30.5. The molecule has 3 N–H and O–H groups in total. The number of nitrogens with zero attached hydrogens (tertiary/aromatic N) is 4. The number of aromatic nitrogens is 3. The molecule has 0 aliphatic carbocycles. The van der Waals surface area contributed by atoms with Crippen LogP contribution >= 0.6 is 11.6 Å². The van der Waals surface area contributed by atoms with Gasteiger partial charge in [-0.15, -0.1) is 0 Å². The summed E-state index contributed by atoms with van der Waals surface area (Å²) < 4.78 is 227. The molecule has 12 rings (SSSR count). The van der Waals surface area contributed by atoms with Crippen LogP contribution in [0, 0.1) is 57.9 Å². The molecule has 0 saturated carbocycles. The number of nitriles is 1. The van der Waals surface area contributed by atoms with Crippen LogP contribution in [0.15, 0.2) is 182 Å². The molecule has 0 spiro atoms. The highest BCUT2D eigenvalue weighted by Gasteiger charge is 2.40. The first-order chi connectivity index (χ1) is 56.2. The van der Waals surface area contributed by atoms with Crippen LogP contribution < -0.4 is 30.2 Å². The molecule has 3 amide bonds. The molecule has 34 heteroatoms. The molecule has 0 fully saturated rings. The Labute approximate surface area is 665 Å². The minimum atomic E-state index is -4.94. The smallest absolute Gasteiger partial charge is 0.417 e. The zero-order valence-electron chi connectivity index (χ0n) is 62.0. The van der Waals surface area contributed by atoms with Gasteiger partial charge < -0.3 is 44.4 Å². The lowest BCUT2D eigenvalue weighted by Crippen LogP contribution is -2.43. The van der Waals surface area contributed by atoms with Gasteiger partial charge in [0.1, 0.15) is 105 Å². The minimum absolute atomic E-state index is 0.0318. The number of ether oxygens (including phenoxy) is 6. The van der Waals surface area contributed by atoms with Crippen LogP contribution in [0.5, 0.6) is 17.2 Å². The third kappa shape index (κ3) is 19.1. The fraction of sp³-hybridized carbons (Fsp3) is 0.167. The van der Waals surface area contributed by atoms with Crippen molar-refractivity contribution in [2.24, 2.45) is 0 Å². The van der Waals surface area contributed by atoms with Crippen molar-refractivity contribution in [1.29, 1.82) is 5.26 Å². The van der Waals surface area contributed by atoms with Gasteiger partial charge in [0.25, 0.3) is 17.7 Å². The highest BCUT2D eigenvalue weighted by molar-refractivity contribution is 6.32. The van der Waals surface area contributed by atoms with E-state index >= 15 is 0 Å². The average molecular weight is 1660 g/mol. The van der Waals surface area contributed by atoms with Gasteiger partial charge in [-0.2, -0.15) is 31.6 Å². The first-order valence-corrected chi connectivity index (χ1v) is 34.8.